The van der Waals surface area contributed by atoms with E-state index in [1.54, 1.807) is 0 Å². The van der Waals surface area contributed by atoms with Crippen molar-refractivity contribution in [3.8, 4) is 0 Å². The Hall–Kier alpha value is -8.35. The van der Waals surface area contributed by atoms with Crippen molar-refractivity contribution >= 4 is 122 Å². The van der Waals surface area contributed by atoms with Crippen LogP contribution in [-0.2, 0) is 0 Å². The molecule has 0 fully saturated rings. The van der Waals surface area contributed by atoms with Crippen molar-refractivity contribution in [3.63, 3.8) is 0 Å². The van der Waals surface area contributed by atoms with Gasteiger partial charge in [-0.3, -0.25) is 4.90 Å². The van der Waals surface area contributed by atoms with Crippen molar-refractivity contribution in [1.29, 1.82) is 0 Å². The number of furan rings is 3. The largest absolute Gasteiger partial charge is 0.456 e. The van der Waals surface area contributed by atoms with E-state index in [4.69, 9.17) is 18.2 Å². The van der Waals surface area contributed by atoms with Crippen LogP contribution in [0.2, 0.25) is 0 Å². The maximum Gasteiger partial charge on any atom is 0.229 e. The first-order valence-corrected chi connectivity index (χ1v) is 20.4. The fourth-order valence-electron chi connectivity index (χ4n) is 9.24. The molecule has 0 unspecified atom stereocenters. The van der Waals surface area contributed by atoms with E-state index in [-0.39, 0.29) is 0 Å². The number of rotatable bonds is 6. The molecule has 9 aromatic carbocycles. The molecule has 4 heterocycles. The van der Waals surface area contributed by atoms with E-state index in [1.807, 2.05) is 30.3 Å². The summed E-state index contributed by atoms with van der Waals surface area (Å²) in [6.45, 7) is 0. The molecule has 6 nitrogen and oxygen atoms in total. The quantitative estimate of drug-likeness (QED) is 0.167. The lowest BCUT2D eigenvalue weighted by atomic mass is 10.1. The SMILES string of the molecule is c1ccc2c(N(c3ccc4c(c3)oc3ccccc34)c3ccc4c(c3)oc3nc(N(c5ccc6c(c5)oc5ccccc56)c5cccc6ccccc56)ccc34)cccc2c1. The third-order valence-electron chi connectivity index (χ3n) is 12.1. The van der Waals surface area contributed by atoms with Gasteiger partial charge in [0, 0.05) is 72.7 Å². The average Bonchev–Trinajstić information content (AvgIpc) is 3.99. The highest BCUT2D eigenvalue weighted by molar-refractivity contribution is 6.10. The fourth-order valence-corrected chi connectivity index (χ4v) is 9.24. The van der Waals surface area contributed by atoms with Gasteiger partial charge in [0.15, 0.2) is 0 Å². The van der Waals surface area contributed by atoms with E-state index in [0.29, 0.717) is 5.71 Å². The molecular formula is C55H33N3O3. The Kier molecular flexibility index (Phi) is 7.21. The second-order valence-electron chi connectivity index (χ2n) is 15.5. The molecule has 0 spiro atoms. The molecule has 0 aliphatic heterocycles. The Bertz CT molecular complexity index is 3610. The maximum absolute atomic E-state index is 6.77. The topological polar surface area (TPSA) is 58.8 Å². The molecule has 61 heavy (non-hydrogen) atoms. The lowest BCUT2D eigenvalue weighted by Crippen LogP contribution is -2.12. The van der Waals surface area contributed by atoms with E-state index < -0.39 is 0 Å². The van der Waals surface area contributed by atoms with Gasteiger partial charge in [-0.1, -0.05) is 109 Å². The van der Waals surface area contributed by atoms with E-state index in [9.17, 15) is 0 Å². The van der Waals surface area contributed by atoms with Gasteiger partial charge in [-0.25, -0.2) is 0 Å². The summed E-state index contributed by atoms with van der Waals surface area (Å²) in [5.41, 5.74) is 9.60. The Morgan fingerprint density at radius 3 is 1.28 bits per heavy atom. The second-order valence-corrected chi connectivity index (χ2v) is 15.5. The Labute approximate surface area is 348 Å². The van der Waals surface area contributed by atoms with Gasteiger partial charge in [-0.2, -0.15) is 4.98 Å². The molecule has 286 valence electrons. The van der Waals surface area contributed by atoms with Crippen LogP contribution in [0.5, 0.6) is 0 Å². The summed E-state index contributed by atoms with van der Waals surface area (Å²) in [6.07, 6.45) is 0. The number of nitrogens with zero attached hydrogens (tertiary/aromatic N) is 3. The van der Waals surface area contributed by atoms with Gasteiger partial charge in [-0.15, -0.1) is 0 Å². The highest BCUT2D eigenvalue weighted by Crippen LogP contribution is 2.45. The molecule has 0 aliphatic rings. The van der Waals surface area contributed by atoms with Crippen LogP contribution in [0.4, 0.5) is 34.3 Å². The van der Waals surface area contributed by atoms with Crippen LogP contribution in [-0.4, -0.2) is 4.98 Å². The van der Waals surface area contributed by atoms with Crippen molar-refractivity contribution in [2.75, 3.05) is 9.80 Å². The predicted molar refractivity (Wildman–Crippen MR) is 250 cm³/mol. The minimum absolute atomic E-state index is 0.556. The zero-order valence-electron chi connectivity index (χ0n) is 32.6. The smallest absolute Gasteiger partial charge is 0.229 e. The van der Waals surface area contributed by atoms with Crippen molar-refractivity contribution in [2.24, 2.45) is 0 Å². The minimum atomic E-state index is 0.556. The molecule has 0 radical (unpaired) electrons. The van der Waals surface area contributed by atoms with E-state index >= 15 is 0 Å². The zero-order valence-corrected chi connectivity index (χ0v) is 32.6. The van der Waals surface area contributed by atoms with Crippen LogP contribution in [0, 0.1) is 0 Å². The lowest BCUT2D eigenvalue weighted by Gasteiger charge is -2.26. The molecule has 6 heteroatoms. The molecular weight excluding hydrogens is 751 g/mol. The third kappa shape index (κ3) is 5.26. The van der Waals surface area contributed by atoms with Crippen LogP contribution in [0.15, 0.2) is 213 Å². The number of hydrogen-bond acceptors (Lipinski definition) is 6. The highest BCUT2D eigenvalue weighted by atomic mass is 16.3. The number of para-hydroxylation sites is 2. The molecule has 0 saturated carbocycles. The summed E-state index contributed by atoms with van der Waals surface area (Å²) < 4.78 is 19.6. The van der Waals surface area contributed by atoms with Crippen molar-refractivity contribution < 1.29 is 13.3 Å². The molecule has 13 aromatic rings. The van der Waals surface area contributed by atoms with Crippen LogP contribution < -0.4 is 9.80 Å². The van der Waals surface area contributed by atoms with E-state index in [2.05, 4.69) is 180 Å². The van der Waals surface area contributed by atoms with Crippen molar-refractivity contribution in [2.45, 2.75) is 0 Å². The lowest BCUT2D eigenvalue weighted by molar-refractivity contribution is 0.654. The molecule has 0 amide bonds. The Morgan fingerprint density at radius 1 is 0.295 bits per heavy atom. The van der Waals surface area contributed by atoms with Gasteiger partial charge in [0.1, 0.15) is 33.7 Å². The van der Waals surface area contributed by atoms with Crippen LogP contribution >= 0.6 is 0 Å². The number of benzene rings is 9. The minimum Gasteiger partial charge on any atom is -0.456 e. The van der Waals surface area contributed by atoms with Gasteiger partial charge in [0.2, 0.25) is 5.71 Å². The predicted octanol–water partition coefficient (Wildman–Crippen LogP) is 16.0. The van der Waals surface area contributed by atoms with Crippen LogP contribution in [0.25, 0.3) is 87.5 Å². The molecule has 0 bridgehead atoms. The highest BCUT2D eigenvalue weighted by Gasteiger charge is 2.22. The monoisotopic (exact) mass is 783 g/mol. The standard InChI is InChI=1S/C55H33N3O3/c1-3-15-39-34(11-1)13-9-19-47(39)57(36-23-26-43-41-17-5-7-21-49(41)59-51(43)31-36)37-24-28-45-46-29-30-54(56-55(46)61-53(45)32-37)58(48-20-10-14-35-12-2-4-16-40(35)48)38-25-27-44-42-18-6-8-22-50(42)60-52(44)33-38/h1-33H. The number of hydrogen-bond donors (Lipinski definition) is 0. The number of aromatic nitrogens is 1. The maximum atomic E-state index is 6.77. The first-order valence-electron chi connectivity index (χ1n) is 20.4. The van der Waals surface area contributed by atoms with Gasteiger partial charge >= 0.3 is 0 Å². The summed E-state index contributed by atoms with van der Waals surface area (Å²) in [4.78, 5) is 9.77. The van der Waals surface area contributed by atoms with Gasteiger partial charge in [0.25, 0.3) is 0 Å². The van der Waals surface area contributed by atoms with Crippen LogP contribution in [0.1, 0.15) is 0 Å². The second kappa shape index (κ2) is 13.1. The van der Waals surface area contributed by atoms with Gasteiger partial charge in [0.05, 0.1) is 17.1 Å². The summed E-state index contributed by atoms with van der Waals surface area (Å²) in [5, 5.41) is 10.8. The molecule has 4 aromatic heterocycles. The molecule has 0 saturated heterocycles. The first kappa shape index (κ1) is 33.6. The first-order chi connectivity index (χ1) is 30.2. The van der Waals surface area contributed by atoms with Crippen molar-refractivity contribution in [3.05, 3.63) is 200 Å². The Balaban J connectivity index is 0.981. The van der Waals surface area contributed by atoms with Gasteiger partial charge < -0.3 is 18.2 Å². The molecule has 0 aliphatic carbocycles. The van der Waals surface area contributed by atoms with E-state index in [1.165, 1.54) is 0 Å². The molecule has 0 atom stereocenters. The summed E-state index contributed by atoms with van der Waals surface area (Å²) in [6, 6.07) is 69.7. The van der Waals surface area contributed by atoms with Gasteiger partial charge in [-0.05, 0) is 83.6 Å². The number of pyridine rings is 1. The fraction of sp³-hybridized carbons (Fsp3) is 0. The summed E-state index contributed by atoms with van der Waals surface area (Å²) >= 11 is 0. The summed E-state index contributed by atoms with van der Waals surface area (Å²) in [5.74, 6) is 0.732. The molecule has 0 N–H and O–H groups in total. The van der Waals surface area contributed by atoms with E-state index in [0.717, 1.165) is 116 Å². The van der Waals surface area contributed by atoms with Crippen molar-refractivity contribution in [1.82, 2.24) is 4.98 Å². The number of anilines is 6. The Morgan fingerprint density at radius 2 is 0.705 bits per heavy atom. The number of fused-ring (bicyclic) bond motifs is 11. The normalized spacial score (nSPS) is 11.9. The summed E-state index contributed by atoms with van der Waals surface area (Å²) in [7, 11) is 0. The molecule has 13 rings (SSSR count). The third-order valence-corrected chi connectivity index (χ3v) is 12.1. The zero-order chi connectivity index (χ0) is 40.0. The average molecular weight is 784 g/mol. The van der Waals surface area contributed by atoms with Crippen LogP contribution in [0.3, 0.4) is 0 Å².